The minimum absolute atomic E-state index is 0.203. The summed E-state index contributed by atoms with van der Waals surface area (Å²) in [6.07, 6.45) is -0.203. The minimum atomic E-state index is -3.23. The second kappa shape index (κ2) is 7.07. The van der Waals surface area contributed by atoms with Gasteiger partial charge in [0.05, 0.1) is 4.47 Å². The number of rotatable bonds is 4. The van der Waals surface area contributed by atoms with Crippen molar-refractivity contribution in [2.45, 2.75) is 13.8 Å². The molecule has 26 heavy (non-hydrogen) atoms. The summed E-state index contributed by atoms with van der Waals surface area (Å²) in [6.45, 7) is 5.27. The van der Waals surface area contributed by atoms with Crippen molar-refractivity contribution in [3.05, 3.63) is 58.1 Å². The number of hydrogen-bond donors (Lipinski definition) is 2. The molecule has 0 aromatic heterocycles. The SMILES string of the molecule is Cc1cc(OCP(C)(=O)O)cc(C)c1-c1cccc2c(Br)c(O)ccc12. The van der Waals surface area contributed by atoms with Crippen LogP contribution in [0.3, 0.4) is 0 Å². The first-order chi connectivity index (χ1) is 12.2. The lowest BCUT2D eigenvalue weighted by Gasteiger charge is -2.16. The zero-order valence-corrected chi connectivity index (χ0v) is 17.3. The van der Waals surface area contributed by atoms with Crippen molar-refractivity contribution in [2.24, 2.45) is 0 Å². The number of fused-ring (bicyclic) bond motifs is 1. The molecule has 1 atom stereocenters. The fourth-order valence-corrected chi connectivity index (χ4v) is 4.02. The second-order valence-corrected chi connectivity index (χ2v) is 9.71. The van der Waals surface area contributed by atoms with Crippen molar-refractivity contribution in [3.63, 3.8) is 0 Å². The van der Waals surface area contributed by atoms with Gasteiger partial charge in [0, 0.05) is 12.1 Å². The summed E-state index contributed by atoms with van der Waals surface area (Å²) in [5.74, 6) is 0.791. The van der Waals surface area contributed by atoms with Gasteiger partial charge in [0.1, 0.15) is 11.5 Å². The van der Waals surface area contributed by atoms with Gasteiger partial charge in [-0.25, -0.2) is 0 Å². The highest BCUT2D eigenvalue weighted by atomic mass is 79.9. The Labute approximate surface area is 161 Å². The normalized spacial score (nSPS) is 13.6. The zero-order valence-electron chi connectivity index (χ0n) is 14.8. The van der Waals surface area contributed by atoms with E-state index < -0.39 is 7.37 Å². The fraction of sp³-hybridized carbons (Fsp3) is 0.200. The van der Waals surface area contributed by atoms with Crippen LogP contribution in [0.15, 0.2) is 46.9 Å². The number of aryl methyl sites for hydroxylation is 2. The van der Waals surface area contributed by atoms with Crippen LogP contribution in [0, 0.1) is 13.8 Å². The largest absolute Gasteiger partial charge is 0.507 e. The molecular formula is C20H20BrO4P. The molecule has 3 aromatic carbocycles. The highest BCUT2D eigenvalue weighted by Gasteiger charge is 2.15. The van der Waals surface area contributed by atoms with E-state index in [0.717, 1.165) is 33.0 Å². The lowest BCUT2D eigenvalue weighted by atomic mass is 9.91. The average Bonchev–Trinajstić information content (AvgIpc) is 2.55. The number of phenolic OH excluding ortho intramolecular Hbond substituents is 1. The van der Waals surface area contributed by atoms with Gasteiger partial charge in [0.15, 0.2) is 6.35 Å². The van der Waals surface area contributed by atoms with Crippen LogP contribution in [0.5, 0.6) is 11.5 Å². The molecule has 2 N–H and O–H groups in total. The standard InChI is InChI=1S/C20H20BrO4P/c1-12-9-14(25-11-26(3,23)24)10-13(2)19(12)16-5-4-6-17-15(16)7-8-18(22)20(17)21/h4-10,22H,11H2,1-3H3,(H,23,24). The molecule has 0 saturated carbocycles. The molecule has 0 aliphatic heterocycles. The van der Waals surface area contributed by atoms with Gasteiger partial charge < -0.3 is 14.7 Å². The van der Waals surface area contributed by atoms with Crippen molar-refractivity contribution >= 4 is 34.1 Å². The third kappa shape index (κ3) is 3.80. The number of hydrogen-bond acceptors (Lipinski definition) is 3. The van der Waals surface area contributed by atoms with Crippen LogP contribution in [0.1, 0.15) is 11.1 Å². The van der Waals surface area contributed by atoms with E-state index in [1.165, 1.54) is 6.66 Å². The van der Waals surface area contributed by atoms with Gasteiger partial charge in [-0.1, -0.05) is 24.3 Å². The molecule has 1 unspecified atom stereocenters. The summed E-state index contributed by atoms with van der Waals surface area (Å²) in [5.41, 5.74) is 4.18. The molecule has 0 aliphatic rings. The molecule has 0 spiro atoms. The smallest absolute Gasteiger partial charge is 0.233 e. The van der Waals surface area contributed by atoms with E-state index in [4.69, 9.17) is 4.74 Å². The first kappa shape index (κ1) is 19.0. The van der Waals surface area contributed by atoms with Crippen molar-refractivity contribution in [2.75, 3.05) is 13.0 Å². The summed E-state index contributed by atoms with van der Waals surface area (Å²) in [5, 5.41) is 11.9. The van der Waals surface area contributed by atoms with Crippen molar-refractivity contribution in [1.29, 1.82) is 0 Å². The maximum Gasteiger partial charge on any atom is 0.233 e. The number of aromatic hydroxyl groups is 1. The highest BCUT2D eigenvalue weighted by Crippen LogP contribution is 2.41. The lowest BCUT2D eigenvalue weighted by molar-refractivity contribution is 0.352. The van der Waals surface area contributed by atoms with Crippen LogP contribution >= 0.6 is 23.3 Å². The van der Waals surface area contributed by atoms with E-state index in [9.17, 15) is 14.6 Å². The molecule has 3 aromatic rings. The molecule has 0 bridgehead atoms. The Morgan fingerprint density at radius 2 is 1.73 bits per heavy atom. The van der Waals surface area contributed by atoms with E-state index in [0.29, 0.717) is 10.2 Å². The van der Waals surface area contributed by atoms with E-state index in [-0.39, 0.29) is 12.1 Å². The van der Waals surface area contributed by atoms with Crippen LogP contribution in [0.4, 0.5) is 0 Å². The number of phenols is 1. The Hall–Kier alpha value is -1.81. The molecule has 136 valence electrons. The quantitative estimate of drug-likeness (QED) is 0.507. The molecule has 0 radical (unpaired) electrons. The van der Waals surface area contributed by atoms with E-state index in [1.807, 2.05) is 44.2 Å². The predicted octanol–water partition coefficient (Wildman–Crippen LogP) is 5.83. The topological polar surface area (TPSA) is 66.8 Å². The molecular weight excluding hydrogens is 415 g/mol. The van der Waals surface area contributed by atoms with E-state index in [2.05, 4.69) is 22.0 Å². The number of halogens is 1. The molecule has 0 saturated heterocycles. The second-order valence-electron chi connectivity index (χ2n) is 6.56. The maximum atomic E-state index is 11.5. The predicted molar refractivity (Wildman–Crippen MR) is 109 cm³/mol. The summed E-state index contributed by atoms with van der Waals surface area (Å²) < 4.78 is 17.6. The average molecular weight is 435 g/mol. The van der Waals surface area contributed by atoms with E-state index >= 15 is 0 Å². The molecule has 0 fully saturated rings. The summed E-state index contributed by atoms with van der Waals surface area (Å²) >= 11 is 3.46. The van der Waals surface area contributed by atoms with Crippen molar-refractivity contribution < 1.29 is 19.3 Å². The molecule has 0 heterocycles. The van der Waals surface area contributed by atoms with Gasteiger partial charge in [0.2, 0.25) is 7.37 Å². The Bertz CT molecular complexity index is 1020. The van der Waals surface area contributed by atoms with Crippen molar-refractivity contribution in [1.82, 2.24) is 0 Å². The number of ether oxygens (including phenoxy) is 1. The third-order valence-electron chi connectivity index (χ3n) is 4.22. The van der Waals surface area contributed by atoms with E-state index in [1.54, 1.807) is 6.07 Å². The molecule has 6 heteroatoms. The van der Waals surface area contributed by atoms with Gasteiger partial charge >= 0.3 is 0 Å². The Morgan fingerprint density at radius 1 is 1.08 bits per heavy atom. The van der Waals surface area contributed by atoms with Gasteiger partial charge in [0.25, 0.3) is 0 Å². The Kier molecular flexibility index (Phi) is 5.16. The lowest BCUT2D eigenvalue weighted by Crippen LogP contribution is -1.99. The van der Waals surface area contributed by atoms with Gasteiger partial charge in [-0.15, -0.1) is 0 Å². The zero-order chi connectivity index (χ0) is 19.1. The van der Waals surface area contributed by atoms with Crippen LogP contribution in [-0.4, -0.2) is 23.0 Å². The Balaban J connectivity index is 2.12. The van der Waals surface area contributed by atoms with Crippen LogP contribution in [0.2, 0.25) is 0 Å². The van der Waals surface area contributed by atoms with Crippen LogP contribution in [-0.2, 0) is 4.57 Å². The first-order valence-corrected chi connectivity index (χ1v) is 11.2. The summed E-state index contributed by atoms with van der Waals surface area (Å²) in [6, 6.07) is 13.3. The molecule has 4 nitrogen and oxygen atoms in total. The molecule has 3 rings (SSSR count). The summed E-state index contributed by atoms with van der Waals surface area (Å²) in [4.78, 5) is 9.42. The van der Waals surface area contributed by atoms with Gasteiger partial charge in [-0.2, -0.15) is 0 Å². The minimum Gasteiger partial charge on any atom is -0.507 e. The first-order valence-electron chi connectivity index (χ1n) is 8.11. The van der Waals surface area contributed by atoms with Crippen LogP contribution in [0.25, 0.3) is 21.9 Å². The highest BCUT2D eigenvalue weighted by molar-refractivity contribution is 9.10. The molecule has 0 aliphatic carbocycles. The van der Waals surface area contributed by atoms with Gasteiger partial charge in [-0.3, -0.25) is 4.57 Å². The fourth-order valence-electron chi connectivity index (χ4n) is 3.15. The number of benzene rings is 3. The van der Waals surface area contributed by atoms with Gasteiger partial charge in [-0.05, 0) is 75.6 Å². The third-order valence-corrected chi connectivity index (χ3v) is 5.66. The Morgan fingerprint density at radius 3 is 2.35 bits per heavy atom. The summed E-state index contributed by atoms with van der Waals surface area (Å²) in [7, 11) is -3.23. The van der Waals surface area contributed by atoms with Crippen LogP contribution < -0.4 is 4.74 Å². The van der Waals surface area contributed by atoms with Crippen molar-refractivity contribution in [3.8, 4) is 22.6 Å². The molecule has 0 amide bonds. The monoisotopic (exact) mass is 434 g/mol. The maximum absolute atomic E-state index is 11.5.